The van der Waals surface area contributed by atoms with Crippen LogP contribution in [0.5, 0.6) is 0 Å². The van der Waals surface area contributed by atoms with Gasteiger partial charge in [0.15, 0.2) is 6.29 Å². The summed E-state index contributed by atoms with van der Waals surface area (Å²) in [7, 11) is 0. The van der Waals surface area contributed by atoms with Crippen molar-refractivity contribution in [2.24, 2.45) is 5.41 Å². The summed E-state index contributed by atoms with van der Waals surface area (Å²) < 4.78 is 10.2. The van der Waals surface area contributed by atoms with Gasteiger partial charge < -0.3 is 9.47 Å². The molecule has 1 unspecified atom stereocenters. The first kappa shape index (κ1) is 13.9. The van der Waals surface area contributed by atoms with Crippen molar-refractivity contribution in [2.45, 2.75) is 46.8 Å². The number of carbonyl (C=O) groups is 1. The second-order valence-corrected chi connectivity index (χ2v) is 3.99. The molecule has 0 aromatic rings. The molecule has 0 aliphatic rings. The molecule has 15 heavy (non-hydrogen) atoms. The maximum atomic E-state index is 11.6. The summed E-state index contributed by atoms with van der Waals surface area (Å²) in [6.07, 6.45) is 0.437. The molecular formula is C11H19NO3. The van der Waals surface area contributed by atoms with E-state index in [1.165, 1.54) is 0 Å². The molecule has 4 nitrogen and oxygen atoms in total. The summed E-state index contributed by atoms with van der Waals surface area (Å²) in [6.45, 7) is 7.54. The SMILES string of the molecule is CCC(C)(C)C(=O)OC(C)OCCC#N. The van der Waals surface area contributed by atoms with Crippen molar-refractivity contribution in [3.8, 4) is 6.07 Å². The van der Waals surface area contributed by atoms with E-state index in [9.17, 15) is 4.79 Å². The maximum Gasteiger partial charge on any atom is 0.313 e. The van der Waals surface area contributed by atoms with E-state index in [1.807, 2.05) is 26.8 Å². The molecule has 0 saturated heterocycles. The topological polar surface area (TPSA) is 59.3 Å². The normalized spacial score (nSPS) is 13.0. The van der Waals surface area contributed by atoms with Gasteiger partial charge in [-0.15, -0.1) is 0 Å². The Bertz CT molecular complexity index is 243. The Morgan fingerprint density at radius 3 is 2.60 bits per heavy atom. The maximum absolute atomic E-state index is 11.6. The zero-order valence-corrected chi connectivity index (χ0v) is 9.87. The van der Waals surface area contributed by atoms with Crippen LogP contribution < -0.4 is 0 Å². The minimum Gasteiger partial charge on any atom is -0.436 e. The Labute approximate surface area is 91.2 Å². The molecule has 0 aliphatic carbocycles. The Morgan fingerprint density at radius 2 is 2.13 bits per heavy atom. The van der Waals surface area contributed by atoms with Crippen LogP contribution in [0.25, 0.3) is 0 Å². The Kier molecular flexibility index (Phi) is 5.95. The van der Waals surface area contributed by atoms with Crippen LogP contribution in [-0.2, 0) is 14.3 Å². The lowest BCUT2D eigenvalue weighted by Crippen LogP contribution is -2.30. The van der Waals surface area contributed by atoms with E-state index in [0.717, 1.165) is 6.42 Å². The van der Waals surface area contributed by atoms with E-state index >= 15 is 0 Å². The summed E-state index contributed by atoms with van der Waals surface area (Å²) >= 11 is 0. The van der Waals surface area contributed by atoms with Gasteiger partial charge in [0, 0.05) is 0 Å². The van der Waals surface area contributed by atoms with Crippen LogP contribution in [-0.4, -0.2) is 18.9 Å². The third-order valence-electron chi connectivity index (χ3n) is 2.28. The average Bonchev–Trinajstić information content (AvgIpc) is 2.18. The number of nitrogens with zero attached hydrogens (tertiary/aromatic N) is 1. The van der Waals surface area contributed by atoms with E-state index in [4.69, 9.17) is 14.7 Å². The van der Waals surface area contributed by atoms with Gasteiger partial charge in [-0.25, -0.2) is 0 Å². The van der Waals surface area contributed by atoms with Crippen molar-refractivity contribution in [3.63, 3.8) is 0 Å². The zero-order chi connectivity index (χ0) is 11.9. The van der Waals surface area contributed by atoms with Crippen LogP contribution in [0.15, 0.2) is 0 Å². The highest BCUT2D eigenvalue weighted by Gasteiger charge is 2.28. The van der Waals surface area contributed by atoms with Gasteiger partial charge >= 0.3 is 5.97 Å². The minimum atomic E-state index is -0.586. The van der Waals surface area contributed by atoms with Crippen molar-refractivity contribution in [1.82, 2.24) is 0 Å². The lowest BCUT2D eigenvalue weighted by molar-refractivity contribution is -0.184. The summed E-state index contributed by atoms with van der Waals surface area (Å²) in [6, 6.07) is 1.95. The van der Waals surface area contributed by atoms with Gasteiger partial charge in [0.05, 0.1) is 24.5 Å². The fourth-order valence-corrected chi connectivity index (χ4v) is 0.759. The molecule has 0 amide bonds. The molecule has 0 aromatic carbocycles. The zero-order valence-electron chi connectivity index (χ0n) is 9.87. The summed E-state index contributed by atoms with van der Waals surface area (Å²) in [5, 5.41) is 8.29. The number of nitriles is 1. The van der Waals surface area contributed by atoms with E-state index in [-0.39, 0.29) is 12.6 Å². The fourth-order valence-electron chi connectivity index (χ4n) is 0.759. The largest absolute Gasteiger partial charge is 0.436 e. The van der Waals surface area contributed by atoms with Crippen LogP contribution in [0.2, 0.25) is 0 Å². The quantitative estimate of drug-likeness (QED) is 0.385. The van der Waals surface area contributed by atoms with Crippen LogP contribution in [0.1, 0.15) is 40.5 Å². The van der Waals surface area contributed by atoms with E-state index in [0.29, 0.717) is 6.42 Å². The molecule has 0 saturated carbocycles. The van der Waals surface area contributed by atoms with Gasteiger partial charge in [-0.05, 0) is 27.2 Å². The number of ether oxygens (including phenoxy) is 2. The molecule has 4 heteroatoms. The van der Waals surface area contributed by atoms with E-state index in [2.05, 4.69) is 0 Å². The molecule has 0 bridgehead atoms. The Hall–Kier alpha value is -1.08. The third kappa shape index (κ3) is 5.38. The van der Waals surface area contributed by atoms with Gasteiger partial charge in [-0.3, -0.25) is 4.79 Å². The highest BCUT2D eigenvalue weighted by atomic mass is 16.7. The molecule has 1 atom stereocenters. The summed E-state index contributed by atoms with van der Waals surface area (Å²) in [5.41, 5.74) is -0.479. The molecule has 0 rings (SSSR count). The first-order valence-corrected chi connectivity index (χ1v) is 5.13. The Morgan fingerprint density at radius 1 is 1.53 bits per heavy atom. The van der Waals surface area contributed by atoms with Gasteiger partial charge in [-0.1, -0.05) is 6.92 Å². The molecule has 0 spiro atoms. The lowest BCUT2D eigenvalue weighted by Gasteiger charge is -2.23. The first-order chi connectivity index (χ1) is 6.94. The molecular weight excluding hydrogens is 194 g/mol. The third-order valence-corrected chi connectivity index (χ3v) is 2.28. The molecule has 0 N–H and O–H groups in total. The average molecular weight is 213 g/mol. The highest BCUT2D eigenvalue weighted by Crippen LogP contribution is 2.22. The number of rotatable bonds is 6. The summed E-state index contributed by atoms with van der Waals surface area (Å²) in [5.74, 6) is -0.269. The van der Waals surface area contributed by atoms with Crippen LogP contribution >= 0.6 is 0 Å². The molecule has 0 fully saturated rings. The molecule has 0 radical (unpaired) electrons. The predicted molar refractivity (Wildman–Crippen MR) is 55.8 cm³/mol. The Balaban J connectivity index is 3.92. The van der Waals surface area contributed by atoms with Crippen molar-refractivity contribution in [2.75, 3.05) is 6.61 Å². The smallest absolute Gasteiger partial charge is 0.313 e. The standard InChI is InChI=1S/C11H19NO3/c1-5-11(3,4)10(13)15-9(2)14-8-6-7-12/h9H,5-6,8H2,1-4H3. The van der Waals surface area contributed by atoms with Crippen molar-refractivity contribution >= 4 is 5.97 Å². The van der Waals surface area contributed by atoms with Crippen LogP contribution in [0.4, 0.5) is 0 Å². The number of carbonyl (C=O) groups excluding carboxylic acids is 1. The lowest BCUT2D eigenvalue weighted by atomic mass is 9.91. The van der Waals surface area contributed by atoms with Gasteiger partial charge in [0.2, 0.25) is 0 Å². The van der Waals surface area contributed by atoms with Crippen molar-refractivity contribution < 1.29 is 14.3 Å². The van der Waals surface area contributed by atoms with Crippen molar-refractivity contribution in [3.05, 3.63) is 0 Å². The van der Waals surface area contributed by atoms with Gasteiger partial charge in [0.25, 0.3) is 0 Å². The highest BCUT2D eigenvalue weighted by molar-refractivity contribution is 5.75. The number of hydrogen-bond acceptors (Lipinski definition) is 4. The number of hydrogen-bond donors (Lipinski definition) is 0. The van der Waals surface area contributed by atoms with Gasteiger partial charge in [-0.2, -0.15) is 5.26 Å². The second kappa shape index (κ2) is 6.41. The first-order valence-electron chi connectivity index (χ1n) is 5.13. The molecule has 0 heterocycles. The van der Waals surface area contributed by atoms with E-state index in [1.54, 1.807) is 6.92 Å². The second-order valence-electron chi connectivity index (χ2n) is 3.99. The monoisotopic (exact) mass is 213 g/mol. The molecule has 0 aliphatic heterocycles. The summed E-state index contributed by atoms with van der Waals surface area (Å²) in [4.78, 5) is 11.6. The van der Waals surface area contributed by atoms with Crippen LogP contribution in [0.3, 0.4) is 0 Å². The van der Waals surface area contributed by atoms with E-state index < -0.39 is 11.7 Å². The van der Waals surface area contributed by atoms with Crippen LogP contribution in [0, 0.1) is 16.7 Å². The molecule has 0 aromatic heterocycles. The fraction of sp³-hybridized carbons (Fsp3) is 0.818. The van der Waals surface area contributed by atoms with Crippen molar-refractivity contribution in [1.29, 1.82) is 5.26 Å². The molecule has 86 valence electrons. The predicted octanol–water partition coefficient (Wildman–Crippen LogP) is 2.24. The number of esters is 1. The minimum absolute atomic E-state index is 0.269. The van der Waals surface area contributed by atoms with Gasteiger partial charge in [0.1, 0.15) is 0 Å².